The molecule has 2 aromatic heterocycles. The smallest absolute Gasteiger partial charge is 0.339 e. The Labute approximate surface area is 166 Å². The third-order valence-corrected chi connectivity index (χ3v) is 4.24. The van der Waals surface area contributed by atoms with Crippen molar-refractivity contribution >= 4 is 28.9 Å². The lowest BCUT2D eigenvalue weighted by Crippen LogP contribution is -2.42. The second-order valence-electron chi connectivity index (χ2n) is 6.74. The molecule has 1 aromatic carbocycles. The number of carbonyl (C=O) groups is 3. The van der Waals surface area contributed by atoms with Gasteiger partial charge >= 0.3 is 12.0 Å². The fraction of sp³-hybridized carbons (Fsp3) is 0.250. The van der Waals surface area contributed by atoms with Gasteiger partial charge < -0.3 is 10.5 Å². The maximum absolute atomic E-state index is 12.8. The van der Waals surface area contributed by atoms with Crippen molar-refractivity contribution < 1.29 is 19.1 Å². The first kappa shape index (κ1) is 20.0. The highest BCUT2D eigenvalue weighted by Gasteiger charge is 2.24. The number of fused-ring (bicyclic) bond motifs is 1. The molecule has 3 aromatic rings. The second kappa shape index (κ2) is 8.09. The zero-order chi connectivity index (χ0) is 21.1. The number of imide groups is 1. The Balaban J connectivity index is 2.05. The molecular weight excluding hydrogens is 374 g/mol. The lowest BCUT2D eigenvalue weighted by atomic mass is 10.1. The predicted molar refractivity (Wildman–Crippen MR) is 106 cm³/mol. The highest BCUT2D eigenvalue weighted by Crippen LogP contribution is 2.27. The Morgan fingerprint density at radius 3 is 2.45 bits per heavy atom. The summed E-state index contributed by atoms with van der Waals surface area (Å²) in [7, 11) is 0. The number of nitrogens with zero attached hydrogens (tertiary/aromatic N) is 3. The number of primary amides is 1. The van der Waals surface area contributed by atoms with Gasteiger partial charge in [0, 0.05) is 11.6 Å². The van der Waals surface area contributed by atoms with Gasteiger partial charge in [0.15, 0.2) is 11.8 Å². The molecule has 0 radical (unpaired) electrons. The molecule has 0 unspecified atom stereocenters. The maximum atomic E-state index is 12.8. The van der Waals surface area contributed by atoms with Crippen molar-refractivity contribution in [3.63, 3.8) is 0 Å². The molecule has 9 heteroatoms. The van der Waals surface area contributed by atoms with Crippen LogP contribution in [0.5, 0.6) is 0 Å². The number of pyridine rings is 1. The predicted octanol–water partition coefficient (Wildman–Crippen LogP) is 2.42. The number of esters is 1. The SMILES string of the molecule is CC(C)n1ncc2c(C(=O)O[C@@H](C)C(=O)NC(N)=O)cc(-c3ccccc3)nc21. The summed E-state index contributed by atoms with van der Waals surface area (Å²) in [5.74, 6) is -1.54. The first-order chi connectivity index (χ1) is 13.8. The number of nitrogens with one attached hydrogen (secondary N) is 1. The lowest BCUT2D eigenvalue weighted by molar-refractivity contribution is -0.127. The Kier molecular flexibility index (Phi) is 5.58. The standard InChI is InChI=1S/C20H21N5O4/c1-11(2)25-17-15(10-22-25)14(9-16(23-17)13-7-5-4-6-8-13)19(27)29-12(3)18(26)24-20(21)28/h4-12H,1-3H3,(H3,21,24,26,28)/t12-/m0/s1. The third kappa shape index (κ3) is 4.23. The summed E-state index contributed by atoms with van der Waals surface area (Å²) in [5.41, 5.74) is 7.07. The molecule has 0 aliphatic heterocycles. The normalized spacial score (nSPS) is 12.0. The van der Waals surface area contributed by atoms with Gasteiger partial charge in [-0.25, -0.2) is 19.3 Å². The van der Waals surface area contributed by atoms with Gasteiger partial charge in [0.1, 0.15) is 0 Å². The molecule has 0 saturated carbocycles. The molecule has 29 heavy (non-hydrogen) atoms. The van der Waals surface area contributed by atoms with E-state index >= 15 is 0 Å². The summed E-state index contributed by atoms with van der Waals surface area (Å²) in [5, 5.41) is 6.72. The van der Waals surface area contributed by atoms with Crippen molar-refractivity contribution in [2.75, 3.05) is 0 Å². The lowest BCUT2D eigenvalue weighted by Gasteiger charge is -2.14. The molecule has 3 amide bonds. The van der Waals surface area contributed by atoms with Crippen LogP contribution in [0.25, 0.3) is 22.3 Å². The largest absolute Gasteiger partial charge is 0.449 e. The van der Waals surface area contributed by atoms with Gasteiger partial charge in [0.25, 0.3) is 5.91 Å². The molecule has 1 atom stereocenters. The fourth-order valence-electron chi connectivity index (χ4n) is 2.82. The summed E-state index contributed by atoms with van der Waals surface area (Å²) in [6, 6.07) is 9.98. The van der Waals surface area contributed by atoms with E-state index in [2.05, 4.69) is 10.1 Å². The van der Waals surface area contributed by atoms with Gasteiger partial charge in [-0.1, -0.05) is 30.3 Å². The van der Waals surface area contributed by atoms with Crippen LogP contribution in [0.3, 0.4) is 0 Å². The molecule has 0 saturated heterocycles. The monoisotopic (exact) mass is 395 g/mol. The highest BCUT2D eigenvalue weighted by molar-refractivity contribution is 6.05. The summed E-state index contributed by atoms with van der Waals surface area (Å²) >= 11 is 0. The third-order valence-electron chi connectivity index (χ3n) is 4.24. The zero-order valence-electron chi connectivity index (χ0n) is 16.2. The molecule has 150 valence electrons. The number of hydrogen-bond donors (Lipinski definition) is 2. The first-order valence-corrected chi connectivity index (χ1v) is 9.03. The molecule has 0 aliphatic rings. The van der Waals surface area contributed by atoms with Crippen LogP contribution < -0.4 is 11.1 Å². The van der Waals surface area contributed by atoms with Gasteiger partial charge in [-0.05, 0) is 26.8 Å². The number of rotatable bonds is 5. The van der Waals surface area contributed by atoms with E-state index in [1.54, 1.807) is 16.9 Å². The van der Waals surface area contributed by atoms with Crippen LogP contribution in [0.1, 0.15) is 37.2 Å². The molecule has 0 bridgehead atoms. The summed E-state index contributed by atoms with van der Waals surface area (Å²) in [4.78, 5) is 40.2. The second-order valence-corrected chi connectivity index (χ2v) is 6.74. The van der Waals surface area contributed by atoms with Crippen molar-refractivity contribution in [3.05, 3.63) is 48.2 Å². The number of nitrogens with two attached hydrogens (primary N) is 1. The van der Waals surface area contributed by atoms with Crippen molar-refractivity contribution in [1.29, 1.82) is 0 Å². The van der Waals surface area contributed by atoms with Crippen LogP contribution in [0, 0.1) is 0 Å². The summed E-state index contributed by atoms with van der Waals surface area (Å²) < 4.78 is 6.95. The van der Waals surface area contributed by atoms with Gasteiger partial charge in [-0.2, -0.15) is 5.10 Å². The Hall–Kier alpha value is -3.75. The van der Waals surface area contributed by atoms with Crippen LogP contribution in [0.2, 0.25) is 0 Å². The molecule has 2 heterocycles. The topological polar surface area (TPSA) is 129 Å². The minimum absolute atomic E-state index is 0.0233. The van der Waals surface area contributed by atoms with E-state index in [1.807, 2.05) is 49.5 Å². The molecule has 0 aliphatic carbocycles. The number of hydrogen-bond acceptors (Lipinski definition) is 6. The van der Waals surface area contributed by atoms with E-state index in [0.29, 0.717) is 16.7 Å². The van der Waals surface area contributed by atoms with Crippen molar-refractivity contribution in [2.24, 2.45) is 5.73 Å². The quantitative estimate of drug-likeness (QED) is 0.638. The van der Waals surface area contributed by atoms with E-state index in [-0.39, 0.29) is 11.6 Å². The number of ether oxygens (including phenoxy) is 1. The number of carbonyl (C=O) groups excluding carboxylic acids is 3. The van der Waals surface area contributed by atoms with Gasteiger partial charge in [-0.15, -0.1) is 0 Å². The van der Waals surface area contributed by atoms with Crippen LogP contribution in [-0.2, 0) is 9.53 Å². The van der Waals surface area contributed by atoms with Crippen LogP contribution in [0.15, 0.2) is 42.6 Å². The Bertz CT molecular complexity index is 1080. The zero-order valence-corrected chi connectivity index (χ0v) is 16.2. The Morgan fingerprint density at radius 1 is 1.14 bits per heavy atom. The average Bonchev–Trinajstić information content (AvgIpc) is 3.11. The maximum Gasteiger partial charge on any atom is 0.339 e. The van der Waals surface area contributed by atoms with Gasteiger partial charge in [0.2, 0.25) is 0 Å². The minimum Gasteiger partial charge on any atom is -0.449 e. The summed E-state index contributed by atoms with van der Waals surface area (Å²) in [6.07, 6.45) is 0.334. The number of amides is 3. The molecule has 3 rings (SSSR count). The number of aromatic nitrogens is 3. The fourth-order valence-corrected chi connectivity index (χ4v) is 2.82. The number of urea groups is 1. The van der Waals surface area contributed by atoms with Gasteiger partial charge in [0.05, 0.1) is 22.8 Å². The highest BCUT2D eigenvalue weighted by atomic mass is 16.5. The van der Waals surface area contributed by atoms with Crippen LogP contribution in [0.4, 0.5) is 4.79 Å². The molecule has 0 spiro atoms. The van der Waals surface area contributed by atoms with Crippen LogP contribution >= 0.6 is 0 Å². The van der Waals surface area contributed by atoms with Crippen molar-refractivity contribution in [3.8, 4) is 11.3 Å². The van der Waals surface area contributed by atoms with E-state index in [9.17, 15) is 14.4 Å². The van der Waals surface area contributed by atoms with Crippen molar-refractivity contribution in [2.45, 2.75) is 32.9 Å². The van der Waals surface area contributed by atoms with Crippen molar-refractivity contribution in [1.82, 2.24) is 20.1 Å². The number of benzene rings is 1. The van der Waals surface area contributed by atoms with E-state index < -0.39 is 24.0 Å². The minimum atomic E-state index is -1.21. The molecule has 3 N–H and O–H groups in total. The first-order valence-electron chi connectivity index (χ1n) is 9.03. The van der Waals surface area contributed by atoms with E-state index in [1.165, 1.54) is 6.92 Å². The van der Waals surface area contributed by atoms with Crippen LogP contribution in [-0.4, -0.2) is 38.8 Å². The molecule has 9 nitrogen and oxygen atoms in total. The summed E-state index contributed by atoms with van der Waals surface area (Å²) in [6.45, 7) is 5.26. The molecular formula is C20H21N5O4. The molecule has 0 fully saturated rings. The van der Waals surface area contributed by atoms with E-state index in [0.717, 1.165) is 5.56 Å². The van der Waals surface area contributed by atoms with Gasteiger partial charge in [-0.3, -0.25) is 10.1 Å². The average molecular weight is 395 g/mol. The Morgan fingerprint density at radius 2 is 1.83 bits per heavy atom. The van der Waals surface area contributed by atoms with E-state index in [4.69, 9.17) is 10.5 Å².